The molecular weight excluding hydrogens is 246 g/mol. The van der Waals surface area contributed by atoms with E-state index in [4.69, 9.17) is 4.74 Å². The third-order valence-corrected chi connectivity index (χ3v) is 1.94. The number of aromatic nitrogens is 1. The monoisotopic (exact) mass is 261 g/mol. The molecule has 0 bridgehead atoms. The lowest BCUT2D eigenvalue weighted by Crippen LogP contribution is -2.15. The Balaban J connectivity index is 0.00000256. The standard InChI is InChI=1S/C10H15N3O3.ClH/c1-12(2)7-4-8-16-10-9(13(14)15)5-3-6-11-10;/h3,5-6H,4,7-8H2,1-2H3;1H. The molecule has 0 fully saturated rings. The van der Waals surface area contributed by atoms with Crippen LogP contribution in [-0.4, -0.2) is 42.1 Å². The Morgan fingerprint density at radius 2 is 2.24 bits per heavy atom. The number of nitro groups is 1. The molecular formula is C10H16ClN3O3. The van der Waals surface area contributed by atoms with Gasteiger partial charge in [0.2, 0.25) is 0 Å². The van der Waals surface area contributed by atoms with Crippen molar-refractivity contribution < 1.29 is 9.66 Å². The van der Waals surface area contributed by atoms with Crippen molar-refractivity contribution in [1.29, 1.82) is 0 Å². The topological polar surface area (TPSA) is 68.5 Å². The summed E-state index contributed by atoms with van der Waals surface area (Å²) in [7, 11) is 3.92. The fourth-order valence-corrected chi connectivity index (χ4v) is 1.18. The summed E-state index contributed by atoms with van der Waals surface area (Å²) in [5.41, 5.74) is -0.0904. The van der Waals surface area contributed by atoms with Crippen LogP contribution in [0.3, 0.4) is 0 Å². The number of rotatable bonds is 6. The lowest BCUT2D eigenvalue weighted by molar-refractivity contribution is -0.386. The van der Waals surface area contributed by atoms with Crippen LogP contribution < -0.4 is 4.74 Å². The number of hydrogen-bond donors (Lipinski definition) is 0. The quantitative estimate of drug-likeness (QED) is 0.443. The molecule has 0 unspecified atom stereocenters. The second-order valence-electron chi connectivity index (χ2n) is 3.59. The molecule has 0 N–H and O–H groups in total. The molecule has 0 aliphatic heterocycles. The summed E-state index contributed by atoms with van der Waals surface area (Å²) in [5, 5.41) is 10.6. The molecule has 0 spiro atoms. The van der Waals surface area contributed by atoms with Crippen molar-refractivity contribution in [3.63, 3.8) is 0 Å². The Bertz CT molecular complexity index is 360. The molecule has 1 aromatic heterocycles. The summed E-state index contributed by atoms with van der Waals surface area (Å²) in [6, 6.07) is 2.90. The fraction of sp³-hybridized carbons (Fsp3) is 0.500. The van der Waals surface area contributed by atoms with Gasteiger partial charge in [-0.2, -0.15) is 0 Å². The summed E-state index contributed by atoms with van der Waals surface area (Å²) in [6.07, 6.45) is 2.29. The first kappa shape index (κ1) is 15.6. The molecule has 0 aliphatic rings. The van der Waals surface area contributed by atoms with Crippen LogP contribution in [0.25, 0.3) is 0 Å². The minimum absolute atomic E-state index is 0. The lowest BCUT2D eigenvalue weighted by Gasteiger charge is -2.09. The Hall–Kier alpha value is -1.40. The van der Waals surface area contributed by atoms with Crippen LogP contribution in [0.1, 0.15) is 6.42 Å². The molecule has 7 heteroatoms. The van der Waals surface area contributed by atoms with Crippen molar-refractivity contribution in [2.24, 2.45) is 0 Å². The van der Waals surface area contributed by atoms with Crippen LogP contribution in [0.2, 0.25) is 0 Å². The smallest absolute Gasteiger partial charge is 0.330 e. The second kappa shape index (κ2) is 7.81. The van der Waals surface area contributed by atoms with Crippen molar-refractivity contribution in [2.75, 3.05) is 27.2 Å². The molecule has 0 aromatic carbocycles. The van der Waals surface area contributed by atoms with Crippen LogP contribution >= 0.6 is 12.4 Å². The van der Waals surface area contributed by atoms with Crippen LogP contribution in [0.15, 0.2) is 18.3 Å². The minimum Gasteiger partial charge on any atom is -0.473 e. The normalized spacial score (nSPS) is 9.82. The van der Waals surface area contributed by atoms with Gasteiger partial charge in [0.25, 0.3) is 5.88 Å². The number of nitrogens with zero attached hydrogens (tertiary/aromatic N) is 3. The van der Waals surface area contributed by atoms with Gasteiger partial charge in [-0.3, -0.25) is 10.1 Å². The van der Waals surface area contributed by atoms with Crippen LogP contribution in [0.4, 0.5) is 5.69 Å². The van der Waals surface area contributed by atoms with Gasteiger partial charge in [-0.05, 0) is 26.6 Å². The Morgan fingerprint density at radius 1 is 1.53 bits per heavy atom. The summed E-state index contributed by atoms with van der Waals surface area (Å²) < 4.78 is 5.27. The average molecular weight is 262 g/mol. The van der Waals surface area contributed by atoms with E-state index in [0.717, 1.165) is 13.0 Å². The number of pyridine rings is 1. The lowest BCUT2D eigenvalue weighted by atomic mass is 10.4. The van der Waals surface area contributed by atoms with E-state index < -0.39 is 4.92 Å². The Labute approximate surface area is 106 Å². The van der Waals surface area contributed by atoms with Crippen molar-refractivity contribution >= 4 is 18.1 Å². The SMILES string of the molecule is CN(C)CCCOc1ncccc1[N+](=O)[O-].Cl. The molecule has 0 saturated heterocycles. The van der Waals surface area contributed by atoms with Gasteiger partial charge < -0.3 is 9.64 Å². The van der Waals surface area contributed by atoms with Gasteiger partial charge in [-0.25, -0.2) is 4.98 Å². The van der Waals surface area contributed by atoms with Gasteiger partial charge in [0.1, 0.15) is 0 Å². The Morgan fingerprint density at radius 3 is 2.82 bits per heavy atom. The fourth-order valence-electron chi connectivity index (χ4n) is 1.18. The zero-order valence-electron chi connectivity index (χ0n) is 9.83. The van der Waals surface area contributed by atoms with Gasteiger partial charge in [0.05, 0.1) is 11.5 Å². The van der Waals surface area contributed by atoms with Crippen LogP contribution in [0.5, 0.6) is 5.88 Å². The summed E-state index contributed by atoms with van der Waals surface area (Å²) in [6.45, 7) is 1.30. The van der Waals surface area contributed by atoms with Gasteiger partial charge in [-0.1, -0.05) is 0 Å². The summed E-state index contributed by atoms with van der Waals surface area (Å²) >= 11 is 0. The number of halogens is 1. The highest BCUT2D eigenvalue weighted by molar-refractivity contribution is 5.85. The third-order valence-electron chi connectivity index (χ3n) is 1.94. The number of ether oxygens (including phenoxy) is 1. The molecule has 17 heavy (non-hydrogen) atoms. The zero-order valence-corrected chi connectivity index (χ0v) is 10.6. The van der Waals surface area contributed by atoms with E-state index in [2.05, 4.69) is 4.98 Å². The van der Waals surface area contributed by atoms with Gasteiger partial charge in [0.15, 0.2) is 0 Å². The molecule has 0 aliphatic carbocycles. The predicted octanol–water partition coefficient (Wildman–Crippen LogP) is 1.74. The van der Waals surface area contributed by atoms with E-state index in [1.165, 1.54) is 18.3 Å². The summed E-state index contributed by atoms with van der Waals surface area (Å²) in [5.74, 6) is 0.0891. The maximum absolute atomic E-state index is 10.6. The molecule has 1 aromatic rings. The van der Waals surface area contributed by atoms with Crippen LogP contribution in [-0.2, 0) is 0 Å². The first-order valence-corrected chi connectivity index (χ1v) is 4.98. The minimum atomic E-state index is -0.492. The second-order valence-corrected chi connectivity index (χ2v) is 3.59. The average Bonchev–Trinajstić information content (AvgIpc) is 2.24. The maximum atomic E-state index is 10.6. The van der Waals surface area contributed by atoms with E-state index in [1.807, 2.05) is 19.0 Å². The first-order valence-electron chi connectivity index (χ1n) is 4.98. The van der Waals surface area contributed by atoms with E-state index in [0.29, 0.717) is 6.61 Å². The van der Waals surface area contributed by atoms with Crippen molar-refractivity contribution in [1.82, 2.24) is 9.88 Å². The summed E-state index contributed by atoms with van der Waals surface area (Å²) in [4.78, 5) is 16.0. The third kappa shape index (κ3) is 5.46. The predicted molar refractivity (Wildman–Crippen MR) is 66.8 cm³/mol. The zero-order chi connectivity index (χ0) is 12.0. The molecule has 96 valence electrons. The van der Waals surface area contributed by atoms with E-state index >= 15 is 0 Å². The van der Waals surface area contributed by atoms with E-state index in [9.17, 15) is 10.1 Å². The van der Waals surface area contributed by atoms with Crippen molar-refractivity contribution in [3.8, 4) is 5.88 Å². The molecule has 1 rings (SSSR count). The van der Waals surface area contributed by atoms with Crippen molar-refractivity contribution in [2.45, 2.75) is 6.42 Å². The van der Waals surface area contributed by atoms with Gasteiger partial charge >= 0.3 is 5.69 Å². The molecule has 0 saturated carbocycles. The molecule has 0 radical (unpaired) electrons. The van der Waals surface area contributed by atoms with E-state index in [1.54, 1.807) is 0 Å². The van der Waals surface area contributed by atoms with E-state index in [-0.39, 0.29) is 24.0 Å². The van der Waals surface area contributed by atoms with Gasteiger partial charge in [-0.15, -0.1) is 12.4 Å². The highest BCUT2D eigenvalue weighted by Gasteiger charge is 2.14. The Kier molecular flexibility index (Phi) is 7.16. The first-order chi connectivity index (χ1) is 7.61. The molecule has 1 heterocycles. The highest BCUT2D eigenvalue weighted by atomic mass is 35.5. The van der Waals surface area contributed by atoms with Crippen LogP contribution in [0, 0.1) is 10.1 Å². The molecule has 0 amide bonds. The highest BCUT2D eigenvalue weighted by Crippen LogP contribution is 2.22. The number of hydrogen-bond acceptors (Lipinski definition) is 5. The molecule has 0 atom stereocenters. The largest absolute Gasteiger partial charge is 0.473 e. The van der Waals surface area contributed by atoms with Gasteiger partial charge in [0, 0.05) is 18.8 Å². The van der Waals surface area contributed by atoms with Crippen molar-refractivity contribution in [3.05, 3.63) is 28.4 Å². The maximum Gasteiger partial charge on any atom is 0.330 e. The molecule has 6 nitrogen and oxygen atoms in total.